The molecule has 0 saturated heterocycles. The van der Waals surface area contributed by atoms with Gasteiger partial charge in [0, 0.05) is 10.6 Å². The second-order valence-corrected chi connectivity index (χ2v) is 6.53. The molecule has 0 atom stereocenters. The Morgan fingerprint density at radius 3 is 2.79 bits per heavy atom. The molecule has 0 spiro atoms. The van der Waals surface area contributed by atoms with Gasteiger partial charge in [-0.3, -0.25) is 0 Å². The molecule has 0 saturated carbocycles. The maximum atomic E-state index is 6.16. The van der Waals surface area contributed by atoms with Crippen LogP contribution in [0.1, 0.15) is 5.01 Å². The number of nitrogens with zero attached hydrogens (tertiary/aromatic N) is 1. The van der Waals surface area contributed by atoms with Crippen LogP contribution in [0.5, 0.6) is 0 Å². The largest absolute Gasteiger partial charge is 0.398 e. The molecule has 5 heteroatoms. The number of para-hydroxylation sites is 1. The Bertz CT molecular complexity index is 671. The van der Waals surface area contributed by atoms with Gasteiger partial charge >= 0.3 is 0 Å². The number of fused-ring (bicyclic) bond motifs is 1. The number of thioether (sulfide) groups is 1. The molecule has 2 N–H and O–H groups in total. The Morgan fingerprint density at radius 1 is 1.16 bits per heavy atom. The number of hydrogen-bond donors (Lipinski definition) is 1. The van der Waals surface area contributed by atoms with E-state index >= 15 is 0 Å². The van der Waals surface area contributed by atoms with Crippen molar-refractivity contribution in [3.8, 4) is 0 Å². The van der Waals surface area contributed by atoms with Gasteiger partial charge in [-0.2, -0.15) is 0 Å². The van der Waals surface area contributed by atoms with E-state index in [1.54, 1.807) is 23.1 Å². The zero-order chi connectivity index (χ0) is 13.2. The van der Waals surface area contributed by atoms with Crippen LogP contribution in [0.2, 0.25) is 5.02 Å². The molecule has 3 rings (SSSR count). The molecular formula is C14H11ClN2S2. The first kappa shape index (κ1) is 12.8. The second kappa shape index (κ2) is 5.41. The number of halogens is 1. The smallest absolute Gasteiger partial charge is 0.104 e. The van der Waals surface area contributed by atoms with Crippen molar-refractivity contribution in [3.05, 3.63) is 52.5 Å². The van der Waals surface area contributed by atoms with Gasteiger partial charge in [0.05, 0.1) is 21.0 Å². The number of nitrogens with two attached hydrogens (primary N) is 1. The fourth-order valence-corrected chi connectivity index (χ4v) is 4.09. The summed E-state index contributed by atoms with van der Waals surface area (Å²) >= 11 is 9.50. The fourth-order valence-electron chi connectivity index (χ4n) is 1.79. The average Bonchev–Trinajstić information content (AvgIpc) is 2.81. The van der Waals surface area contributed by atoms with Crippen molar-refractivity contribution < 1.29 is 0 Å². The SMILES string of the molecule is Nc1cccc(Cl)c1SCc1nc2ccccc2s1. The minimum Gasteiger partial charge on any atom is -0.398 e. The van der Waals surface area contributed by atoms with Gasteiger partial charge in [-0.1, -0.05) is 29.8 Å². The number of nitrogen functional groups attached to an aromatic ring is 1. The topological polar surface area (TPSA) is 38.9 Å². The molecule has 0 unspecified atom stereocenters. The predicted octanol–water partition coefficient (Wildman–Crippen LogP) is 4.82. The number of anilines is 1. The average molecular weight is 307 g/mol. The standard InChI is InChI=1S/C14H11ClN2S2/c15-9-4-3-5-10(16)14(9)18-8-13-17-11-6-1-2-7-12(11)19-13/h1-7H,8,16H2. The van der Waals surface area contributed by atoms with Crippen LogP contribution >= 0.6 is 34.7 Å². The van der Waals surface area contributed by atoms with Crippen LogP contribution in [0, 0.1) is 0 Å². The second-order valence-electron chi connectivity index (χ2n) is 4.02. The summed E-state index contributed by atoms with van der Waals surface area (Å²) in [6.45, 7) is 0. The summed E-state index contributed by atoms with van der Waals surface area (Å²) in [5, 5.41) is 1.79. The Kier molecular flexibility index (Phi) is 3.64. The zero-order valence-electron chi connectivity index (χ0n) is 9.97. The molecule has 2 aromatic carbocycles. The Hall–Kier alpha value is -1.23. The van der Waals surface area contributed by atoms with E-state index < -0.39 is 0 Å². The number of rotatable bonds is 3. The molecule has 96 valence electrons. The van der Waals surface area contributed by atoms with Crippen molar-refractivity contribution in [2.75, 3.05) is 5.73 Å². The lowest BCUT2D eigenvalue weighted by Crippen LogP contribution is -1.89. The number of hydrogen-bond acceptors (Lipinski definition) is 4. The first-order valence-electron chi connectivity index (χ1n) is 5.75. The monoisotopic (exact) mass is 306 g/mol. The third-order valence-electron chi connectivity index (χ3n) is 2.68. The molecule has 0 aliphatic heterocycles. The maximum absolute atomic E-state index is 6.16. The van der Waals surface area contributed by atoms with Gasteiger partial charge in [-0.15, -0.1) is 23.1 Å². The molecule has 1 aromatic heterocycles. The van der Waals surface area contributed by atoms with Gasteiger partial charge < -0.3 is 5.73 Å². The van der Waals surface area contributed by atoms with Gasteiger partial charge in [-0.25, -0.2) is 4.98 Å². The van der Waals surface area contributed by atoms with Gasteiger partial charge in [0.15, 0.2) is 0 Å². The van der Waals surface area contributed by atoms with E-state index in [4.69, 9.17) is 17.3 Å². The van der Waals surface area contributed by atoms with Crippen LogP contribution in [0.3, 0.4) is 0 Å². The third kappa shape index (κ3) is 2.71. The summed E-state index contributed by atoms with van der Waals surface area (Å²) in [6.07, 6.45) is 0. The lowest BCUT2D eigenvalue weighted by atomic mass is 10.3. The maximum Gasteiger partial charge on any atom is 0.104 e. The Labute approximate surface area is 124 Å². The van der Waals surface area contributed by atoms with Crippen LogP contribution in [0.25, 0.3) is 10.2 Å². The summed E-state index contributed by atoms with van der Waals surface area (Å²) in [4.78, 5) is 5.53. The van der Waals surface area contributed by atoms with E-state index in [0.717, 1.165) is 26.9 Å². The van der Waals surface area contributed by atoms with Crippen molar-refractivity contribution >= 4 is 50.6 Å². The fraction of sp³-hybridized carbons (Fsp3) is 0.0714. The lowest BCUT2D eigenvalue weighted by molar-refractivity contribution is 1.30. The summed E-state index contributed by atoms with van der Waals surface area (Å²) in [5.74, 6) is 0.785. The molecule has 0 aliphatic rings. The summed E-state index contributed by atoms with van der Waals surface area (Å²) in [7, 11) is 0. The molecule has 19 heavy (non-hydrogen) atoms. The first-order valence-corrected chi connectivity index (χ1v) is 7.93. The molecular weight excluding hydrogens is 296 g/mol. The molecule has 3 aromatic rings. The van der Waals surface area contributed by atoms with Crippen molar-refractivity contribution in [3.63, 3.8) is 0 Å². The summed E-state index contributed by atoms with van der Waals surface area (Å²) in [5.41, 5.74) is 7.71. The number of benzene rings is 2. The van der Waals surface area contributed by atoms with E-state index in [9.17, 15) is 0 Å². The van der Waals surface area contributed by atoms with Crippen molar-refractivity contribution in [1.82, 2.24) is 4.98 Å². The quantitative estimate of drug-likeness (QED) is 0.557. The highest BCUT2D eigenvalue weighted by atomic mass is 35.5. The molecule has 0 fully saturated rings. The van der Waals surface area contributed by atoms with E-state index in [1.807, 2.05) is 36.4 Å². The zero-order valence-corrected chi connectivity index (χ0v) is 12.4. The van der Waals surface area contributed by atoms with Crippen LogP contribution in [0.4, 0.5) is 5.69 Å². The molecule has 0 radical (unpaired) electrons. The van der Waals surface area contributed by atoms with Crippen molar-refractivity contribution in [2.45, 2.75) is 10.6 Å². The van der Waals surface area contributed by atoms with Gasteiger partial charge in [0.2, 0.25) is 0 Å². The van der Waals surface area contributed by atoms with Crippen LogP contribution < -0.4 is 5.73 Å². The predicted molar refractivity (Wildman–Crippen MR) is 85.0 cm³/mol. The van der Waals surface area contributed by atoms with E-state index in [-0.39, 0.29) is 0 Å². The van der Waals surface area contributed by atoms with Crippen molar-refractivity contribution in [1.29, 1.82) is 0 Å². The van der Waals surface area contributed by atoms with Gasteiger partial charge in [0.1, 0.15) is 5.01 Å². The molecule has 0 amide bonds. The van der Waals surface area contributed by atoms with Crippen LogP contribution in [-0.2, 0) is 5.75 Å². The number of thiazole rings is 1. The Morgan fingerprint density at radius 2 is 2.00 bits per heavy atom. The minimum atomic E-state index is 0.700. The minimum absolute atomic E-state index is 0.700. The molecule has 0 bridgehead atoms. The molecule has 0 aliphatic carbocycles. The molecule has 1 heterocycles. The van der Waals surface area contributed by atoms with E-state index in [2.05, 4.69) is 11.1 Å². The highest BCUT2D eigenvalue weighted by Crippen LogP contribution is 2.35. The van der Waals surface area contributed by atoms with Gasteiger partial charge in [-0.05, 0) is 24.3 Å². The van der Waals surface area contributed by atoms with Gasteiger partial charge in [0.25, 0.3) is 0 Å². The molecule has 2 nitrogen and oxygen atoms in total. The Balaban J connectivity index is 1.82. The highest BCUT2D eigenvalue weighted by Gasteiger charge is 2.08. The summed E-state index contributed by atoms with van der Waals surface area (Å²) in [6, 6.07) is 13.7. The third-order valence-corrected chi connectivity index (χ3v) is 5.48. The van der Waals surface area contributed by atoms with E-state index in [1.165, 1.54) is 4.70 Å². The van der Waals surface area contributed by atoms with Crippen LogP contribution in [-0.4, -0.2) is 4.98 Å². The number of aromatic nitrogens is 1. The normalized spacial score (nSPS) is 11.0. The summed E-state index contributed by atoms with van der Waals surface area (Å²) < 4.78 is 1.21. The van der Waals surface area contributed by atoms with Crippen molar-refractivity contribution in [2.24, 2.45) is 0 Å². The highest BCUT2D eigenvalue weighted by molar-refractivity contribution is 7.99. The first-order chi connectivity index (χ1) is 9.24. The lowest BCUT2D eigenvalue weighted by Gasteiger charge is -2.05. The van der Waals surface area contributed by atoms with E-state index in [0.29, 0.717) is 5.02 Å². The van der Waals surface area contributed by atoms with Crippen LogP contribution in [0.15, 0.2) is 47.4 Å².